The summed E-state index contributed by atoms with van der Waals surface area (Å²) in [5.41, 5.74) is 0.753. The van der Waals surface area contributed by atoms with Crippen LogP contribution in [0.2, 0.25) is 0 Å². The molecule has 0 spiro atoms. The second kappa shape index (κ2) is 7.86. The Kier molecular flexibility index (Phi) is 5.85. The van der Waals surface area contributed by atoms with Crippen molar-refractivity contribution in [3.05, 3.63) is 17.7 Å². The summed E-state index contributed by atoms with van der Waals surface area (Å²) in [5.74, 6) is 1.66. The molecule has 1 amide bonds. The van der Waals surface area contributed by atoms with Crippen LogP contribution in [0.25, 0.3) is 0 Å². The fraction of sp³-hybridized carbons (Fsp3) is 0.533. The molecule has 0 radical (unpaired) electrons. The third kappa shape index (κ3) is 3.80. The average molecular weight is 310 g/mol. The number of amides is 1. The van der Waals surface area contributed by atoms with E-state index in [9.17, 15) is 4.79 Å². The summed E-state index contributed by atoms with van der Waals surface area (Å²) in [7, 11) is 4.70. The highest BCUT2D eigenvalue weighted by atomic mass is 16.5. The predicted molar refractivity (Wildman–Crippen MR) is 80.6 cm³/mol. The number of morpholine rings is 1. The van der Waals surface area contributed by atoms with Gasteiger partial charge in [-0.25, -0.2) is 0 Å². The zero-order valence-electron chi connectivity index (χ0n) is 13.1. The van der Waals surface area contributed by atoms with Crippen molar-refractivity contribution in [2.45, 2.75) is 12.6 Å². The van der Waals surface area contributed by atoms with E-state index in [1.807, 2.05) is 0 Å². The second-order valence-corrected chi connectivity index (χ2v) is 4.79. The number of carbonyl (C=O) groups is 1. The average Bonchev–Trinajstić information content (AvgIpc) is 2.59. The zero-order chi connectivity index (χ0) is 15.9. The molecule has 1 heterocycles. The Labute approximate surface area is 129 Å². The number of carbonyl (C=O) groups excluding carboxylic acids is 1. The number of benzene rings is 1. The molecule has 22 heavy (non-hydrogen) atoms. The van der Waals surface area contributed by atoms with Crippen LogP contribution >= 0.6 is 0 Å². The van der Waals surface area contributed by atoms with Gasteiger partial charge in [0, 0.05) is 25.2 Å². The molecule has 1 fully saturated rings. The first kappa shape index (κ1) is 16.4. The molecule has 1 unspecified atom stereocenters. The predicted octanol–water partition coefficient (Wildman–Crippen LogP) is 0.317. The van der Waals surface area contributed by atoms with E-state index < -0.39 is 6.10 Å². The third-order valence-electron chi connectivity index (χ3n) is 3.48. The van der Waals surface area contributed by atoms with Crippen molar-refractivity contribution in [3.63, 3.8) is 0 Å². The van der Waals surface area contributed by atoms with Crippen LogP contribution in [0, 0.1) is 0 Å². The maximum Gasteiger partial charge on any atom is 0.250 e. The molecule has 1 aromatic carbocycles. The zero-order valence-corrected chi connectivity index (χ0v) is 13.1. The van der Waals surface area contributed by atoms with Gasteiger partial charge in [-0.05, 0) is 0 Å². The van der Waals surface area contributed by atoms with Crippen LogP contribution in [0.5, 0.6) is 17.2 Å². The van der Waals surface area contributed by atoms with E-state index in [4.69, 9.17) is 18.9 Å². The highest BCUT2D eigenvalue weighted by Crippen LogP contribution is 2.33. The van der Waals surface area contributed by atoms with E-state index in [2.05, 4.69) is 10.6 Å². The fourth-order valence-corrected chi connectivity index (χ4v) is 2.28. The van der Waals surface area contributed by atoms with E-state index in [1.54, 1.807) is 33.5 Å². The van der Waals surface area contributed by atoms with Gasteiger partial charge in [0.1, 0.15) is 23.4 Å². The second-order valence-electron chi connectivity index (χ2n) is 4.79. The summed E-state index contributed by atoms with van der Waals surface area (Å²) in [6.45, 7) is 2.11. The Morgan fingerprint density at radius 1 is 1.27 bits per heavy atom. The van der Waals surface area contributed by atoms with Crippen LogP contribution in [0.15, 0.2) is 12.1 Å². The molecule has 122 valence electrons. The maximum atomic E-state index is 12.1. The van der Waals surface area contributed by atoms with Crippen molar-refractivity contribution < 1.29 is 23.7 Å². The van der Waals surface area contributed by atoms with E-state index in [1.165, 1.54) is 0 Å². The maximum absolute atomic E-state index is 12.1. The van der Waals surface area contributed by atoms with Gasteiger partial charge < -0.3 is 29.6 Å². The minimum Gasteiger partial charge on any atom is -0.496 e. The van der Waals surface area contributed by atoms with Gasteiger partial charge >= 0.3 is 0 Å². The van der Waals surface area contributed by atoms with Crippen LogP contribution in [0.1, 0.15) is 5.56 Å². The van der Waals surface area contributed by atoms with Gasteiger partial charge in [-0.1, -0.05) is 0 Å². The summed E-state index contributed by atoms with van der Waals surface area (Å²) in [6, 6.07) is 3.51. The minimum absolute atomic E-state index is 0.160. The fourth-order valence-electron chi connectivity index (χ4n) is 2.28. The molecule has 1 saturated heterocycles. The van der Waals surface area contributed by atoms with E-state index in [0.717, 1.165) is 12.1 Å². The number of methoxy groups -OCH3 is 3. The largest absolute Gasteiger partial charge is 0.496 e. The molecule has 0 aromatic heterocycles. The first-order valence-electron chi connectivity index (χ1n) is 7.08. The topological polar surface area (TPSA) is 78.1 Å². The SMILES string of the molecule is COc1cc(OC)c(CNC(=O)C2CNCCO2)c(OC)c1. The van der Waals surface area contributed by atoms with Gasteiger partial charge in [-0.2, -0.15) is 0 Å². The normalized spacial score (nSPS) is 17.7. The highest BCUT2D eigenvalue weighted by molar-refractivity contribution is 5.81. The quantitative estimate of drug-likeness (QED) is 0.788. The summed E-state index contributed by atoms with van der Waals surface area (Å²) >= 11 is 0. The van der Waals surface area contributed by atoms with Crippen molar-refractivity contribution >= 4 is 5.91 Å². The van der Waals surface area contributed by atoms with Crippen LogP contribution in [0.3, 0.4) is 0 Å². The van der Waals surface area contributed by atoms with Gasteiger partial charge in [0.05, 0.1) is 40.0 Å². The Morgan fingerprint density at radius 2 is 1.95 bits per heavy atom. The molecular weight excluding hydrogens is 288 g/mol. The van der Waals surface area contributed by atoms with Crippen molar-refractivity contribution in [2.24, 2.45) is 0 Å². The van der Waals surface area contributed by atoms with E-state index >= 15 is 0 Å². The van der Waals surface area contributed by atoms with Gasteiger partial charge in [0.2, 0.25) is 0 Å². The lowest BCUT2D eigenvalue weighted by atomic mass is 10.1. The van der Waals surface area contributed by atoms with Gasteiger partial charge in [0.25, 0.3) is 5.91 Å². The van der Waals surface area contributed by atoms with Crippen LogP contribution < -0.4 is 24.8 Å². The first-order valence-corrected chi connectivity index (χ1v) is 7.08. The molecule has 0 saturated carbocycles. The van der Waals surface area contributed by atoms with Crippen molar-refractivity contribution in [2.75, 3.05) is 41.0 Å². The molecule has 0 bridgehead atoms. The monoisotopic (exact) mass is 310 g/mol. The molecular formula is C15H22N2O5. The van der Waals surface area contributed by atoms with E-state index in [0.29, 0.717) is 30.4 Å². The lowest BCUT2D eigenvalue weighted by Crippen LogP contribution is -2.47. The molecule has 1 aromatic rings. The molecule has 2 N–H and O–H groups in total. The van der Waals surface area contributed by atoms with Crippen LogP contribution in [-0.2, 0) is 16.1 Å². The Balaban J connectivity index is 2.09. The van der Waals surface area contributed by atoms with Crippen molar-refractivity contribution in [1.82, 2.24) is 10.6 Å². The first-order chi connectivity index (χ1) is 10.7. The summed E-state index contributed by atoms with van der Waals surface area (Å²) in [4.78, 5) is 12.1. The standard InChI is InChI=1S/C15H22N2O5/c1-19-10-6-12(20-2)11(13(7-10)21-3)8-17-15(18)14-9-16-4-5-22-14/h6-7,14,16H,4-5,8-9H2,1-3H3,(H,17,18). The van der Waals surface area contributed by atoms with Gasteiger partial charge in [-0.15, -0.1) is 0 Å². The van der Waals surface area contributed by atoms with Crippen molar-refractivity contribution in [1.29, 1.82) is 0 Å². The highest BCUT2D eigenvalue weighted by Gasteiger charge is 2.22. The Bertz CT molecular complexity index is 490. The molecule has 1 aliphatic rings. The summed E-state index contributed by atoms with van der Waals surface area (Å²) in [6.07, 6.45) is -0.469. The summed E-state index contributed by atoms with van der Waals surface area (Å²) in [5, 5.41) is 5.97. The Morgan fingerprint density at radius 3 is 2.45 bits per heavy atom. The molecule has 1 atom stereocenters. The third-order valence-corrected chi connectivity index (χ3v) is 3.48. The van der Waals surface area contributed by atoms with Crippen LogP contribution in [0.4, 0.5) is 0 Å². The smallest absolute Gasteiger partial charge is 0.250 e. The Hall–Kier alpha value is -1.99. The van der Waals surface area contributed by atoms with E-state index in [-0.39, 0.29) is 12.5 Å². The number of ether oxygens (including phenoxy) is 4. The number of hydrogen-bond donors (Lipinski definition) is 2. The van der Waals surface area contributed by atoms with Crippen LogP contribution in [-0.4, -0.2) is 53.0 Å². The van der Waals surface area contributed by atoms with Gasteiger partial charge in [-0.3, -0.25) is 4.79 Å². The van der Waals surface area contributed by atoms with Crippen molar-refractivity contribution in [3.8, 4) is 17.2 Å². The summed E-state index contributed by atoms with van der Waals surface area (Å²) < 4.78 is 21.3. The lowest BCUT2D eigenvalue weighted by Gasteiger charge is -2.23. The molecule has 1 aliphatic heterocycles. The molecule has 0 aliphatic carbocycles. The van der Waals surface area contributed by atoms with Gasteiger partial charge in [0.15, 0.2) is 0 Å². The number of hydrogen-bond acceptors (Lipinski definition) is 6. The lowest BCUT2D eigenvalue weighted by molar-refractivity contribution is -0.134. The molecule has 7 nitrogen and oxygen atoms in total. The number of rotatable bonds is 6. The number of nitrogens with one attached hydrogen (secondary N) is 2. The molecule has 7 heteroatoms. The minimum atomic E-state index is -0.469. The molecule has 2 rings (SSSR count).